The number of benzene rings is 1. The van der Waals surface area contributed by atoms with Crippen LogP contribution >= 0.6 is 0 Å². The Bertz CT molecular complexity index is 640. The second-order valence-electron chi connectivity index (χ2n) is 4.29. The average molecular weight is 290 g/mol. The number of rotatable bonds is 5. The van der Waals surface area contributed by atoms with Crippen molar-refractivity contribution in [2.75, 3.05) is 7.11 Å². The predicted octanol–water partition coefficient (Wildman–Crippen LogP) is 2.84. The molecule has 0 amide bonds. The first-order valence-electron chi connectivity index (χ1n) is 6.15. The molecule has 0 fully saturated rings. The zero-order valence-corrected chi connectivity index (χ0v) is 11.5. The van der Waals surface area contributed by atoms with Crippen molar-refractivity contribution in [3.05, 3.63) is 52.3 Å². The summed E-state index contributed by atoms with van der Waals surface area (Å²) in [5.41, 5.74) is 0.317. The maximum atomic E-state index is 11.0. The molecule has 1 heterocycles. The second kappa shape index (κ2) is 6.19. The first-order valence-corrected chi connectivity index (χ1v) is 6.15. The quantitative estimate of drug-likeness (QED) is 0.672. The van der Waals surface area contributed by atoms with E-state index < -0.39 is 11.0 Å². The third-order valence-corrected chi connectivity index (χ3v) is 2.78. The number of ether oxygens (including phenoxy) is 2. The fourth-order valence-corrected chi connectivity index (χ4v) is 1.68. The van der Waals surface area contributed by atoms with E-state index in [2.05, 4.69) is 4.98 Å². The summed E-state index contributed by atoms with van der Waals surface area (Å²) < 4.78 is 10.5. The number of nitrogens with zero attached hydrogens (tertiary/aromatic N) is 2. The Morgan fingerprint density at radius 2 is 2.00 bits per heavy atom. The molecule has 0 aliphatic carbocycles. The van der Waals surface area contributed by atoms with E-state index in [4.69, 9.17) is 9.47 Å². The Labute approximate surface area is 120 Å². The summed E-state index contributed by atoms with van der Waals surface area (Å²) in [7, 11) is 1.46. The fraction of sp³-hybridized carbons (Fsp3) is 0.214. The molecule has 110 valence electrons. The minimum absolute atomic E-state index is 0.0611. The highest BCUT2D eigenvalue weighted by molar-refractivity contribution is 5.52. The minimum Gasteiger partial charge on any atom is -0.497 e. The highest BCUT2D eigenvalue weighted by Crippen LogP contribution is 2.34. The molecule has 2 aromatic rings. The molecule has 7 heteroatoms. The smallest absolute Gasteiger partial charge is 0.311 e. The number of aromatic nitrogens is 1. The largest absolute Gasteiger partial charge is 0.497 e. The van der Waals surface area contributed by atoms with Crippen LogP contribution in [0.2, 0.25) is 0 Å². The molecule has 0 spiro atoms. The highest BCUT2D eigenvalue weighted by Gasteiger charge is 2.17. The van der Waals surface area contributed by atoms with Crippen LogP contribution in [0.4, 0.5) is 5.69 Å². The summed E-state index contributed by atoms with van der Waals surface area (Å²) in [6.07, 6.45) is 0.704. The van der Waals surface area contributed by atoms with E-state index in [0.29, 0.717) is 17.2 Å². The molecule has 2 rings (SSSR count). The van der Waals surface area contributed by atoms with Gasteiger partial charge in [-0.05, 0) is 25.1 Å². The van der Waals surface area contributed by atoms with Gasteiger partial charge in [-0.1, -0.05) is 0 Å². The van der Waals surface area contributed by atoms with Crippen molar-refractivity contribution in [3.63, 3.8) is 0 Å². The van der Waals surface area contributed by atoms with E-state index in [0.717, 1.165) is 0 Å². The number of hydrogen-bond donors (Lipinski definition) is 1. The van der Waals surface area contributed by atoms with Gasteiger partial charge in [-0.3, -0.25) is 15.1 Å². The summed E-state index contributed by atoms with van der Waals surface area (Å²) in [6, 6.07) is 7.40. The van der Waals surface area contributed by atoms with Gasteiger partial charge in [-0.15, -0.1) is 0 Å². The second-order valence-corrected chi connectivity index (χ2v) is 4.29. The van der Waals surface area contributed by atoms with Crippen molar-refractivity contribution in [1.29, 1.82) is 0 Å². The molecule has 21 heavy (non-hydrogen) atoms. The van der Waals surface area contributed by atoms with Crippen molar-refractivity contribution in [1.82, 2.24) is 4.98 Å². The minimum atomic E-state index is -0.690. The van der Waals surface area contributed by atoms with Crippen LogP contribution in [0.25, 0.3) is 0 Å². The maximum Gasteiger partial charge on any atom is 0.311 e. The summed E-state index contributed by atoms with van der Waals surface area (Å²) in [6.45, 7) is 1.59. The highest BCUT2D eigenvalue weighted by atomic mass is 16.6. The Morgan fingerprint density at radius 3 is 2.52 bits per heavy atom. The van der Waals surface area contributed by atoms with E-state index in [1.165, 1.54) is 31.5 Å². The van der Waals surface area contributed by atoms with E-state index in [1.807, 2.05) is 0 Å². The van der Waals surface area contributed by atoms with Gasteiger partial charge in [0, 0.05) is 12.1 Å². The van der Waals surface area contributed by atoms with Gasteiger partial charge in [0.05, 0.1) is 30.0 Å². The van der Waals surface area contributed by atoms with Crippen molar-refractivity contribution in [2.24, 2.45) is 0 Å². The molecule has 1 N–H and O–H groups in total. The molecular formula is C14H14N2O5. The SMILES string of the molecule is COc1ccc([N+](=O)[O-])c(Oc2ccc([C@H](C)O)nc2)c1. The summed E-state index contributed by atoms with van der Waals surface area (Å²) in [5.74, 6) is 0.839. The van der Waals surface area contributed by atoms with Crippen LogP contribution < -0.4 is 9.47 Å². The lowest BCUT2D eigenvalue weighted by Crippen LogP contribution is -1.97. The Hall–Kier alpha value is -2.67. The average Bonchev–Trinajstić information content (AvgIpc) is 2.47. The van der Waals surface area contributed by atoms with Crippen molar-refractivity contribution in [3.8, 4) is 17.2 Å². The Kier molecular flexibility index (Phi) is 4.34. The molecule has 0 bridgehead atoms. The normalized spacial score (nSPS) is 11.8. The Balaban J connectivity index is 2.31. The number of pyridine rings is 1. The summed E-state index contributed by atoms with van der Waals surface area (Å²) in [4.78, 5) is 14.5. The molecule has 1 atom stereocenters. The molecule has 0 saturated heterocycles. The van der Waals surface area contributed by atoms with Crippen LogP contribution in [0.15, 0.2) is 36.5 Å². The zero-order chi connectivity index (χ0) is 15.4. The number of methoxy groups -OCH3 is 1. The van der Waals surface area contributed by atoms with E-state index >= 15 is 0 Å². The van der Waals surface area contributed by atoms with Crippen LogP contribution in [-0.4, -0.2) is 22.1 Å². The number of aliphatic hydroxyl groups excluding tert-OH is 1. The van der Waals surface area contributed by atoms with Crippen LogP contribution in [0.3, 0.4) is 0 Å². The molecule has 7 nitrogen and oxygen atoms in total. The van der Waals surface area contributed by atoms with E-state index in [1.54, 1.807) is 19.1 Å². The molecular weight excluding hydrogens is 276 g/mol. The van der Waals surface area contributed by atoms with Crippen molar-refractivity contribution < 1.29 is 19.5 Å². The molecule has 0 saturated carbocycles. The van der Waals surface area contributed by atoms with Gasteiger partial charge in [0.15, 0.2) is 0 Å². The lowest BCUT2D eigenvalue weighted by molar-refractivity contribution is -0.385. The molecule has 1 aromatic heterocycles. The van der Waals surface area contributed by atoms with Gasteiger partial charge in [0.1, 0.15) is 11.5 Å². The monoisotopic (exact) mass is 290 g/mol. The maximum absolute atomic E-state index is 11.0. The van der Waals surface area contributed by atoms with Gasteiger partial charge < -0.3 is 14.6 Å². The van der Waals surface area contributed by atoms with Gasteiger partial charge in [-0.25, -0.2) is 0 Å². The topological polar surface area (TPSA) is 94.7 Å². The number of nitro groups is 1. The van der Waals surface area contributed by atoms with Crippen LogP contribution in [0.5, 0.6) is 17.2 Å². The first kappa shape index (κ1) is 14.7. The predicted molar refractivity (Wildman–Crippen MR) is 74.6 cm³/mol. The summed E-state index contributed by atoms with van der Waals surface area (Å²) >= 11 is 0. The number of aliphatic hydroxyl groups is 1. The molecule has 0 aliphatic rings. The molecule has 0 radical (unpaired) electrons. The number of nitro benzene ring substituents is 1. The molecule has 0 aliphatic heterocycles. The lowest BCUT2D eigenvalue weighted by Gasteiger charge is -2.09. The standard InChI is InChI=1S/C14H14N2O5/c1-9(17)12-5-3-11(8-15-12)21-14-7-10(20-2)4-6-13(14)16(18)19/h3-9,17H,1-2H3/t9-/m0/s1. The Morgan fingerprint density at radius 1 is 1.29 bits per heavy atom. The van der Waals surface area contributed by atoms with Gasteiger partial charge >= 0.3 is 5.69 Å². The third kappa shape index (κ3) is 3.46. The summed E-state index contributed by atoms with van der Waals surface area (Å²) in [5, 5.41) is 20.4. The zero-order valence-electron chi connectivity index (χ0n) is 11.5. The van der Waals surface area contributed by atoms with Crippen LogP contribution in [0.1, 0.15) is 18.7 Å². The van der Waals surface area contributed by atoms with Gasteiger partial charge in [-0.2, -0.15) is 0 Å². The third-order valence-electron chi connectivity index (χ3n) is 2.78. The van der Waals surface area contributed by atoms with Gasteiger partial charge in [0.2, 0.25) is 5.75 Å². The van der Waals surface area contributed by atoms with Crippen molar-refractivity contribution >= 4 is 5.69 Å². The fourth-order valence-electron chi connectivity index (χ4n) is 1.68. The lowest BCUT2D eigenvalue weighted by atomic mass is 10.2. The van der Waals surface area contributed by atoms with Crippen LogP contribution in [0, 0.1) is 10.1 Å². The van der Waals surface area contributed by atoms with Crippen LogP contribution in [-0.2, 0) is 0 Å². The molecule has 0 unspecified atom stereocenters. The van der Waals surface area contributed by atoms with Gasteiger partial charge in [0.25, 0.3) is 0 Å². The van der Waals surface area contributed by atoms with E-state index in [-0.39, 0.29) is 11.4 Å². The first-order chi connectivity index (χ1) is 10.0. The molecule has 1 aromatic carbocycles. The van der Waals surface area contributed by atoms with E-state index in [9.17, 15) is 15.2 Å². The number of hydrogen-bond acceptors (Lipinski definition) is 6. The van der Waals surface area contributed by atoms with Crippen molar-refractivity contribution in [2.45, 2.75) is 13.0 Å².